The zero-order valence-corrected chi connectivity index (χ0v) is 18.5. The minimum absolute atomic E-state index is 0.0674. The van der Waals surface area contributed by atoms with Gasteiger partial charge in [0, 0.05) is 13.5 Å². The molecule has 0 bridgehead atoms. The first-order chi connectivity index (χ1) is 14.8. The number of hydrogen-bond donors (Lipinski definition) is 3. The molecule has 8 nitrogen and oxygen atoms in total. The Labute approximate surface area is 184 Å². The molecule has 0 saturated carbocycles. The molecule has 31 heavy (non-hydrogen) atoms. The third kappa shape index (κ3) is 9.31. The summed E-state index contributed by atoms with van der Waals surface area (Å²) in [5.41, 5.74) is 2.49. The summed E-state index contributed by atoms with van der Waals surface area (Å²) in [5, 5.41) is 11.9. The van der Waals surface area contributed by atoms with Crippen LogP contribution in [0.5, 0.6) is 0 Å². The Hall–Kier alpha value is -2.71. The number of esters is 1. The van der Waals surface area contributed by atoms with E-state index in [2.05, 4.69) is 11.9 Å². The van der Waals surface area contributed by atoms with E-state index >= 15 is 0 Å². The van der Waals surface area contributed by atoms with E-state index in [0.29, 0.717) is 6.42 Å². The number of carbonyl (C=O) groups is 3. The van der Waals surface area contributed by atoms with Crippen molar-refractivity contribution in [1.82, 2.24) is 10.8 Å². The molecule has 8 heteroatoms. The molecule has 1 aromatic rings. The molecule has 0 radical (unpaired) electrons. The van der Waals surface area contributed by atoms with Crippen LogP contribution in [0.1, 0.15) is 32.3 Å². The van der Waals surface area contributed by atoms with Gasteiger partial charge in [0.15, 0.2) is 0 Å². The third-order valence-electron chi connectivity index (χ3n) is 4.83. The van der Waals surface area contributed by atoms with Gasteiger partial charge >= 0.3 is 5.97 Å². The topological polar surface area (TPSA) is 114 Å². The lowest BCUT2D eigenvalue weighted by Crippen LogP contribution is -2.49. The van der Waals surface area contributed by atoms with Crippen molar-refractivity contribution < 1.29 is 29.1 Å². The lowest BCUT2D eigenvalue weighted by atomic mass is 9.82. The first kappa shape index (κ1) is 26.3. The highest BCUT2D eigenvalue weighted by molar-refractivity contribution is 5.90. The summed E-state index contributed by atoms with van der Waals surface area (Å²) in [6.45, 7) is 7.82. The maximum Gasteiger partial charge on any atom is 0.329 e. The Balaban J connectivity index is 3.09. The number of benzene rings is 1. The van der Waals surface area contributed by atoms with E-state index in [1.54, 1.807) is 5.48 Å². The number of nitrogens with one attached hydrogen (secondary N) is 2. The standard InChI is InChI=1S/C23H34N2O6/c1-5-9-18(22(27)25-29)19(14-16(2)3)21(26)24-20(23(28)31-13-12-30-4)15-17-10-7-6-8-11-17/h5-8,10-11,16,18-20,29H,1,9,12-15H2,2-4H3,(H,24,26)(H,25,27)/t18-,19+,20+/m0/s1. The number of amides is 2. The second kappa shape index (κ2) is 14.3. The molecule has 1 rings (SSSR count). The number of methoxy groups -OCH3 is 1. The highest BCUT2D eigenvalue weighted by Crippen LogP contribution is 2.25. The van der Waals surface area contributed by atoms with Crippen molar-refractivity contribution in [3.05, 3.63) is 48.6 Å². The molecule has 2 amide bonds. The summed E-state index contributed by atoms with van der Waals surface area (Å²) in [7, 11) is 1.50. The minimum Gasteiger partial charge on any atom is -0.462 e. The van der Waals surface area contributed by atoms with Gasteiger partial charge in [-0.2, -0.15) is 0 Å². The lowest BCUT2D eigenvalue weighted by molar-refractivity contribution is -0.150. The van der Waals surface area contributed by atoms with Crippen molar-refractivity contribution in [3.63, 3.8) is 0 Å². The van der Waals surface area contributed by atoms with E-state index in [4.69, 9.17) is 14.7 Å². The van der Waals surface area contributed by atoms with Crippen molar-refractivity contribution in [1.29, 1.82) is 0 Å². The highest BCUT2D eigenvalue weighted by atomic mass is 16.6. The van der Waals surface area contributed by atoms with Crippen molar-refractivity contribution in [3.8, 4) is 0 Å². The first-order valence-corrected chi connectivity index (χ1v) is 10.4. The van der Waals surface area contributed by atoms with Gasteiger partial charge in [-0.15, -0.1) is 6.58 Å². The largest absolute Gasteiger partial charge is 0.462 e. The van der Waals surface area contributed by atoms with Crippen molar-refractivity contribution >= 4 is 17.8 Å². The van der Waals surface area contributed by atoms with Gasteiger partial charge in [-0.25, -0.2) is 10.3 Å². The van der Waals surface area contributed by atoms with Gasteiger partial charge in [0.1, 0.15) is 12.6 Å². The van der Waals surface area contributed by atoms with Gasteiger partial charge in [-0.3, -0.25) is 14.8 Å². The summed E-state index contributed by atoms with van der Waals surface area (Å²) in [5.74, 6) is -3.15. The summed E-state index contributed by atoms with van der Waals surface area (Å²) in [6, 6.07) is 8.33. The van der Waals surface area contributed by atoms with Crippen LogP contribution >= 0.6 is 0 Å². The smallest absolute Gasteiger partial charge is 0.329 e. The molecule has 3 atom stereocenters. The third-order valence-corrected chi connectivity index (χ3v) is 4.83. The normalized spacial score (nSPS) is 13.7. The Morgan fingerprint density at radius 3 is 2.32 bits per heavy atom. The highest BCUT2D eigenvalue weighted by Gasteiger charge is 2.35. The van der Waals surface area contributed by atoms with E-state index in [-0.39, 0.29) is 32.0 Å². The van der Waals surface area contributed by atoms with Gasteiger partial charge in [0.2, 0.25) is 11.8 Å². The van der Waals surface area contributed by atoms with Crippen molar-refractivity contribution in [2.45, 2.75) is 39.2 Å². The molecule has 0 aliphatic carbocycles. The number of hydrogen-bond acceptors (Lipinski definition) is 6. The molecule has 1 aromatic carbocycles. The molecule has 0 aliphatic rings. The Bertz CT molecular complexity index is 707. The van der Waals surface area contributed by atoms with Crippen LogP contribution in [-0.4, -0.2) is 49.4 Å². The van der Waals surface area contributed by atoms with E-state index in [1.807, 2.05) is 44.2 Å². The van der Waals surface area contributed by atoms with Crippen LogP contribution in [0.15, 0.2) is 43.0 Å². The van der Waals surface area contributed by atoms with Crippen LogP contribution in [0.25, 0.3) is 0 Å². The predicted octanol–water partition coefficient (Wildman–Crippen LogP) is 2.26. The van der Waals surface area contributed by atoms with E-state index in [1.165, 1.54) is 13.2 Å². The number of carbonyl (C=O) groups excluding carboxylic acids is 3. The van der Waals surface area contributed by atoms with Gasteiger partial charge in [-0.05, 0) is 24.3 Å². The van der Waals surface area contributed by atoms with Crippen LogP contribution in [0.4, 0.5) is 0 Å². The molecule has 172 valence electrons. The fourth-order valence-electron chi connectivity index (χ4n) is 3.33. The van der Waals surface area contributed by atoms with Gasteiger partial charge in [0.25, 0.3) is 0 Å². The Morgan fingerprint density at radius 1 is 1.10 bits per heavy atom. The number of rotatable bonds is 14. The van der Waals surface area contributed by atoms with E-state index in [0.717, 1.165) is 5.56 Å². The molecule has 0 saturated heterocycles. The van der Waals surface area contributed by atoms with Gasteiger partial charge in [-0.1, -0.05) is 50.3 Å². The molecule has 3 N–H and O–H groups in total. The Morgan fingerprint density at radius 2 is 1.77 bits per heavy atom. The fraction of sp³-hybridized carbons (Fsp3) is 0.522. The van der Waals surface area contributed by atoms with Crippen molar-refractivity contribution in [2.75, 3.05) is 20.3 Å². The molecular formula is C23H34N2O6. The molecule has 0 aromatic heterocycles. The quantitative estimate of drug-likeness (QED) is 0.136. The molecule has 0 fully saturated rings. The van der Waals surface area contributed by atoms with E-state index in [9.17, 15) is 14.4 Å². The number of allylic oxidation sites excluding steroid dienone is 1. The second-order valence-electron chi connectivity index (χ2n) is 7.75. The number of ether oxygens (including phenoxy) is 2. The molecule has 0 spiro atoms. The summed E-state index contributed by atoms with van der Waals surface area (Å²) in [6.07, 6.45) is 2.37. The van der Waals surface area contributed by atoms with Crippen LogP contribution in [0, 0.1) is 17.8 Å². The monoisotopic (exact) mass is 434 g/mol. The summed E-state index contributed by atoms with van der Waals surface area (Å²) < 4.78 is 10.1. The molecule has 0 aliphatic heterocycles. The summed E-state index contributed by atoms with van der Waals surface area (Å²) >= 11 is 0. The second-order valence-corrected chi connectivity index (χ2v) is 7.75. The Kier molecular flexibility index (Phi) is 12.2. The average Bonchev–Trinajstić information content (AvgIpc) is 2.75. The zero-order chi connectivity index (χ0) is 23.2. The fourth-order valence-corrected chi connectivity index (χ4v) is 3.33. The molecular weight excluding hydrogens is 400 g/mol. The SMILES string of the molecule is C=CC[C@H](C(=O)NO)[C@@H](CC(C)C)C(=O)N[C@H](Cc1ccccc1)C(=O)OCCOC. The van der Waals surface area contributed by atoms with Crippen molar-refractivity contribution in [2.24, 2.45) is 17.8 Å². The van der Waals surface area contributed by atoms with Crippen LogP contribution < -0.4 is 10.8 Å². The zero-order valence-electron chi connectivity index (χ0n) is 18.5. The van der Waals surface area contributed by atoms with Crippen LogP contribution in [-0.2, 0) is 30.3 Å². The first-order valence-electron chi connectivity index (χ1n) is 10.4. The van der Waals surface area contributed by atoms with E-state index < -0.39 is 35.7 Å². The van der Waals surface area contributed by atoms with Crippen LogP contribution in [0.3, 0.4) is 0 Å². The maximum atomic E-state index is 13.2. The maximum absolute atomic E-state index is 13.2. The van der Waals surface area contributed by atoms with Crippen LogP contribution in [0.2, 0.25) is 0 Å². The molecule has 0 heterocycles. The minimum atomic E-state index is -0.928. The lowest BCUT2D eigenvalue weighted by Gasteiger charge is -2.27. The molecule has 0 unspecified atom stereocenters. The van der Waals surface area contributed by atoms with Gasteiger partial charge in [0.05, 0.1) is 18.4 Å². The number of hydroxylamine groups is 1. The van der Waals surface area contributed by atoms with Gasteiger partial charge < -0.3 is 14.8 Å². The average molecular weight is 435 g/mol. The summed E-state index contributed by atoms with van der Waals surface area (Å²) in [4.78, 5) is 38.1. The predicted molar refractivity (Wildman–Crippen MR) is 116 cm³/mol.